The number of aryl methyl sites for hydroxylation is 1. The van der Waals surface area contributed by atoms with Crippen molar-refractivity contribution in [2.45, 2.75) is 20.4 Å². The molecule has 0 spiro atoms. The predicted octanol–water partition coefficient (Wildman–Crippen LogP) is 3.77. The Morgan fingerprint density at radius 1 is 1.14 bits per heavy atom. The number of thiazole rings is 1. The van der Waals surface area contributed by atoms with Crippen LogP contribution in [0.1, 0.15) is 18.1 Å². The molecule has 0 unspecified atom stereocenters. The average molecular weight is 395 g/mol. The standard InChI is InChI=1S/C21H21N3O3S/c1-14-4-3-5-18(10-14)27-12-20(26)24-21-23-19(13-28-21)17-8-6-16(7-9-17)11-22-15(2)25/h3-10,13H,11-12H2,1-2H3,(H,22,25)(H,23,24,26). The van der Waals surface area contributed by atoms with E-state index in [1.807, 2.05) is 60.8 Å². The molecule has 0 bridgehead atoms. The molecule has 2 N–H and O–H groups in total. The van der Waals surface area contributed by atoms with Crippen LogP contribution in [0, 0.1) is 6.92 Å². The summed E-state index contributed by atoms with van der Waals surface area (Å²) >= 11 is 1.36. The molecule has 0 fully saturated rings. The monoisotopic (exact) mass is 395 g/mol. The Morgan fingerprint density at radius 2 is 1.93 bits per heavy atom. The van der Waals surface area contributed by atoms with Gasteiger partial charge in [-0.05, 0) is 30.2 Å². The summed E-state index contributed by atoms with van der Waals surface area (Å²) in [6.07, 6.45) is 0. The summed E-state index contributed by atoms with van der Waals surface area (Å²) in [5, 5.41) is 7.93. The molecule has 0 radical (unpaired) electrons. The number of hydrogen-bond donors (Lipinski definition) is 2. The van der Waals surface area contributed by atoms with Crippen molar-refractivity contribution in [2.24, 2.45) is 0 Å². The van der Waals surface area contributed by atoms with Gasteiger partial charge in [-0.2, -0.15) is 0 Å². The lowest BCUT2D eigenvalue weighted by molar-refractivity contribution is -0.119. The van der Waals surface area contributed by atoms with Gasteiger partial charge in [-0.3, -0.25) is 14.9 Å². The zero-order valence-corrected chi connectivity index (χ0v) is 16.5. The fraction of sp³-hybridized carbons (Fsp3) is 0.190. The maximum Gasteiger partial charge on any atom is 0.264 e. The number of aromatic nitrogens is 1. The number of amides is 2. The minimum absolute atomic E-state index is 0.0599. The molecule has 7 heteroatoms. The highest BCUT2D eigenvalue weighted by molar-refractivity contribution is 7.14. The largest absolute Gasteiger partial charge is 0.484 e. The molecule has 6 nitrogen and oxygen atoms in total. The van der Waals surface area contributed by atoms with Crippen LogP contribution >= 0.6 is 11.3 Å². The SMILES string of the molecule is CC(=O)NCc1ccc(-c2csc(NC(=O)COc3cccc(C)c3)n2)cc1. The number of benzene rings is 2. The van der Waals surface area contributed by atoms with Crippen LogP contribution in [-0.2, 0) is 16.1 Å². The first-order valence-corrected chi connectivity index (χ1v) is 9.66. The van der Waals surface area contributed by atoms with Crippen molar-refractivity contribution >= 4 is 28.3 Å². The Kier molecular flexibility index (Phi) is 6.39. The van der Waals surface area contributed by atoms with Crippen molar-refractivity contribution in [1.29, 1.82) is 0 Å². The average Bonchev–Trinajstić information content (AvgIpc) is 3.13. The third-order valence-corrected chi connectivity index (χ3v) is 4.66. The molecule has 0 aliphatic rings. The van der Waals surface area contributed by atoms with Gasteiger partial charge >= 0.3 is 0 Å². The maximum atomic E-state index is 12.1. The number of carbonyl (C=O) groups excluding carboxylic acids is 2. The smallest absolute Gasteiger partial charge is 0.264 e. The van der Waals surface area contributed by atoms with Crippen LogP contribution in [0.2, 0.25) is 0 Å². The lowest BCUT2D eigenvalue weighted by Gasteiger charge is -2.06. The van der Waals surface area contributed by atoms with Crippen molar-refractivity contribution in [3.05, 3.63) is 65.0 Å². The van der Waals surface area contributed by atoms with Crippen molar-refractivity contribution < 1.29 is 14.3 Å². The second kappa shape index (κ2) is 9.14. The normalized spacial score (nSPS) is 10.4. The van der Waals surface area contributed by atoms with Gasteiger partial charge in [-0.25, -0.2) is 4.98 Å². The van der Waals surface area contributed by atoms with Crippen LogP contribution in [0.15, 0.2) is 53.9 Å². The molecule has 2 amide bonds. The van der Waals surface area contributed by atoms with Gasteiger partial charge in [0.2, 0.25) is 5.91 Å². The van der Waals surface area contributed by atoms with Crippen LogP contribution in [0.3, 0.4) is 0 Å². The summed E-state index contributed by atoms with van der Waals surface area (Å²) in [4.78, 5) is 27.5. The highest BCUT2D eigenvalue weighted by atomic mass is 32.1. The lowest BCUT2D eigenvalue weighted by atomic mass is 10.1. The van der Waals surface area contributed by atoms with Gasteiger partial charge in [0.15, 0.2) is 11.7 Å². The summed E-state index contributed by atoms with van der Waals surface area (Å²) in [5.74, 6) is 0.345. The molecule has 1 heterocycles. The second-order valence-electron chi connectivity index (χ2n) is 6.30. The highest BCUT2D eigenvalue weighted by Crippen LogP contribution is 2.25. The van der Waals surface area contributed by atoms with Crippen LogP contribution in [0.4, 0.5) is 5.13 Å². The van der Waals surface area contributed by atoms with Gasteiger partial charge in [0.05, 0.1) is 5.69 Å². The van der Waals surface area contributed by atoms with Gasteiger partial charge < -0.3 is 10.1 Å². The van der Waals surface area contributed by atoms with E-state index in [-0.39, 0.29) is 18.4 Å². The number of nitrogens with one attached hydrogen (secondary N) is 2. The van der Waals surface area contributed by atoms with Gasteiger partial charge in [-0.15, -0.1) is 11.3 Å². The molecule has 0 aliphatic carbocycles. The Hall–Kier alpha value is -3.19. The summed E-state index contributed by atoms with van der Waals surface area (Å²) in [6, 6.07) is 15.3. The molecular formula is C21H21N3O3S. The molecule has 3 aromatic rings. The Labute approximate surface area is 167 Å². The second-order valence-corrected chi connectivity index (χ2v) is 7.16. The molecule has 3 rings (SSSR count). The Morgan fingerprint density at radius 3 is 2.64 bits per heavy atom. The van der Waals surface area contributed by atoms with Crippen LogP contribution in [0.25, 0.3) is 11.3 Å². The summed E-state index contributed by atoms with van der Waals surface area (Å²) in [6.45, 7) is 3.88. The van der Waals surface area contributed by atoms with Crippen molar-refractivity contribution in [1.82, 2.24) is 10.3 Å². The number of nitrogens with zero attached hydrogens (tertiary/aromatic N) is 1. The zero-order chi connectivity index (χ0) is 19.9. The maximum absolute atomic E-state index is 12.1. The minimum atomic E-state index is -0.256. The van der Waals surface area contributed by atoms with E-state index in [4.69, 9.17) is 4.74 Å². The van der Waals surface area contributed by atoms with E-state index < -0.39 is 0 Å². The number of rotatable bonds is 7. The molecule has 144 valence electrons. The quantitative estimate of drug-likeness (QED) is 0.638. The van der Waals surface area contributed by atoms with Crippen LogP contribution in [-0.4, -0.2) is 23.4 Å². The number of anilines is 1. The molecule has 0 saturated heterocycles. The number of hydrogen-bond acceptors (Lipinski definition) is 5. The first-order valence-electron chi connectivity index (χ1n) is 8.78. The molecule has 0 aliphatic heterocycles. The third-order valence-electron chi connectivity index (χ3n) is 3.90. The first-order chi connectivity index (χ1) is 13.5. The van der Waals surface area contributed by atoms with Crippen molar-refractivity contribution in [3.8, 4) is 17.0 Å². The molecule has 1 aromatic heterocycles. The molecular weight excluding hydrogens is 374 g/mol. The lowest BCUT2D eigenvalue weighted by Crippen LogP contribution is -2.20. The van der Waals surface area contributed by atoms with Gasteiger partial charge in [0, 0.05) is 24.4 Å². The molecule has 2 aromatic carbocycles. The molecule has 0 saturated carbocycles. The number of carbonyl (C=O) groups is 2. The van der Waals surface area contributed by atoms with Crippen LogP contribution in [0.5, 0.6) is 5.75 Å². The van der Waals surface area contributed by atoms with Crippen molar-refractivity contribution in [2.75, 3.05) is 11.9 Å². The van der Waals surface area contributed by atoms with E-state index in [2.05, 4.69) is 15.6 Å². The predicted molar refractivity (Wildman–Crippen MR) is 110 cm³/mol. The fourth-order valence-corrected chi connectivity index (χ4v) is 3.23. The highest BCUT2D eigenvalue weighted by Gasteiger charge is 2.09. The molecule has 0 atom stereocenters. The van der Waals surface area contributed by atoms with Crippen molar-refractivity contribution in [3.63, 3.8) is 0 Å². The first kappa shape index (κ1) is 19.6. The van der Waals surface area contributed by atoms with E-state index in [0.29, 0.717) is 17.4 Å². The van der Waals surface area contributed by atoms with Gasteiger partial charge in [0.25, 0.3) is 5.91 Å². The van der Waals surface area contributed by atoms with E-state index in [1.54, 1.807) is 0 Å². The topological polar surface area (TPSA) is 80.3 Å². The third kappa shape index (κ3) is 5.65. The fourth-order valence-electron chi connectivity index (χ4n) is 2.49. The van der Waals surface area contributed by atoms with E-state index in [1.165, 1.54) is 18.3 Å². The van der Waals surface area contributed by atoms with E-state index in [9.17, 15) is 9.59 Å². The Balaban J connectivity index is 1.54. The minimum Gasteiger partial charge on any atom is -0.484 e. The zero-order valence-electron chi connectivity index (χ0n) is 15.7. The summed E-state index contributed by atoms with van der Waals surface area (Å²) < 4.78 is 5.50. The van der Waals surface area contributed by atoms with E-state index in [0.717, 1.165) is 22.4 Å². The van der Waals surface area contributed by atoms with Gasteiger partial charge in [0.1, 0.15) is 5.75 Å². The Bertz CT molecular complexity index is 967. The summed E-state index contributed by atoms with van der Waals surface area (Å²) in [5.41, 5.74) is 3.81. The molecule has 28 heavy (non-hydrogen) atoms. The van der Waals surface area contributed by atoms with Gasteiger partial charge in [-0.1, -0.05) is 36.4 Å². The summed E-state index contributed by atoms with van der Waals surface area (Å²) in [7, 11) is 0. The van der Waals surface area contributed by atoms with E-state index >= 15 is 0 Å². The van der Waals surface area contributed by atoms with Crippen LogP contribution < -0.4 is 15.4 Å². The number of ether oxygens (including phenoxy) is 1.